The Morgan fingerprint density at radius 1 is 1.27 bits per heavy atom. The smallest absolute Gasteiger partial charge is 0.256 e. The number of hydrogen-bond donors (Lipinski definition) is 1. The Hall–Kier alpha value is -2.07. The predicted molar refractivity (Wildman–Crippen MR) is 88.4 cm³/mol. The summed E-state index contributed by atoms with van der Waals surface area (Å²) in [5.74, 6) is 0.735. The van der Waals surface area contributed by atoms with Gasteiger partial charge < -0.3 is 14.4 Å². The number of pyridine rings is 1. The molecule has 1 unspecified atom stereocenters. The normalized spacial score (nSPS) is 12.2. The number of aliphatic hydroxyl groups is 1. The van der Waals surface area contributed by atoms with Gasteiger partial charge in [0.05, 0.1) is 19.4 Å². The minimum atomic E-state index is -0.250. The van der Waals surface area contributed by atoms with Gasteiger partial charge in [-0.15, -0.1) is 0 Å². The average Bonchev–Trinajstić information content (AvgIpc) is 2.53. The Labute approximate surface area is 131 Å². The molecule has 22 heavy (non-hydrogen) atoms. The van der Waals surface area contributed by atoms with Crippen molar-refractivity contribution < 1.29 is 9.84 Å². The van der Waals surface area contributed by atoms with E-state index in [4.69, 9.17) is 4.74 Å². The van der Waals surface area contributed by atoms with Crippen molar-refractivity contribution in [3.8, 4) is 17.0 Å². The Morgan fingerprint density at radius 3 is 2.59 bits per heavy atom. The number of methoxy groups -OCH3 is 1. The van der Waals surface area contributed by atoms with E-state index in [1.165, 1.54) is 0 Å². The molecule has 2 rings (SSSR count). The summed E-state index contributed by atoms with van der Waals surface area (Å²) in [7, 11) is 1.63. The van der Waals surface area contributed by atoms with E-state index < -0.39 is 0 Å². The lowest BCUT2D eigenvalue weighted by molar-refractivity contribution is 0.278. The van der Waals surface area contributed by atoms with Crippen LogP contribution in [0.3, 0.4) is 0 Å². The SMILES string of the molecule is CCC(C)n1c(-c2cc(C)ccc2OC)ccc(CO)c1=O. The van der Waals surface area contributed by atoms with Gasteiger partial charge in [-0.2, -0.15) is 0 Å². The number of ether oxygens (including phenoxy) is 1. The zero-order valence-electron chi connectivity index (χ0n) is 13.6. The quantitative estimate of drug-likeness (QED) is 0.922. The molecule has 1 N–H and O–H groups in total. The molecule has 0 saturated carbocycles. The lowest BCUT2D eigenvalue weighted by atomic mass is 10.0. The summed E-state index contributed by atoms with van der Waals surface area (Å²) in [6.45, 7) is 5.81. The second kappa shape index (κ2) is 6.79. The van der Waals surface area contributed by atoms with Gasteiger partial charge in [-0.25, -0.2) is 0 Å². The minimum absolute atomic E-state index is 0.0409. The Kier molecular flexibility index (Phi) is 5.03. The van der Waals surface area contributed by atoms with Crippen molar-refractivity contribution in [1.29, 1.82) is 0 Å². The highest BCUT2D eigenvalue weighted by Crippen LogP contribution is 2.32. The summed E-state index contributed by atoms with van der Waals surface area (Å²) in [6.07, 6.45) is 0.829. The van der Waals surface area contributed by atoms with Gasteiger partial charge >= 0.3 is 0 Å². The molecule has 0 amide bonds. The summed E-state index contributed by atoms with van der Waals surface area (Å²) >= 11 is 0. The van der Waals surface area contributed by atoms with Crippen LogP contribution in [0.4, 0.5) is 0 Å². The van der Waals surface area contributed by atoms with E-state index >= 15 is 0 Å². The lowest BCUT2D eigenvalue weighted by Crippen LogP contribution is -2.27. The Balaban J connectivity index is 2.78. The molecule has 1 heterocycles. The Bertz CT molecular complexity index is 719. The van der Waals surface area contributed by atoms with Crippen molar-refractivity contribution in [2.75, 3.05) is 7.11 Å². The number of aromatic nitrogens is 1. The highest BCUT2D eigenvalue weighted by Gasteiger charge is 2.17. The van der Waals surface area contributed by atoms with Gasteiger partial charge in [0, 0.05) is 17.2 Å². The van der Waals surface area contributed by atoms with Crippen LogP contribution < -0.4 is 10.3 Å². The monoisotopic (exact) mass is 301 g/mol. The zero-order valence-corrected chi connectivity index (χ0v) is 13.6. The first-order chi connectivity index (χ1) is 10.5. The molecule has 0 fully saturated rings. The molecule has 2 aromatic rings. The minimum Gasteiger partial charge on any atom is -0.496 e. The van der Waals surface area contributed by atoms with Crippen molar-refractivity contribution in [2.45, 2.75) is 39.8 Å². The molecule has 0 saturated heterocycles. The number of nitrogens with zero attached hydrogens (tertiary/aromatic N) is 1. The number of hydrogen-bond acceptors (Lipinski definition) is 3. The fourth-order valence-corrected chi connectivity index (χ4v) is 2.58. The zero-order chi connectivity index (χ0) is 16.3. The van der Waals surface area contributed by atoms with Gasteiger partial charge in [0.15, 0.2) is 0 Å². The third-order valence-corrected chi connectivity index (χ3v) is 4.03. The van der Waals surface area contributed by atoms with Gasteiger partial charge in [-0.3, -0.25) is 4.79 Å². The molecule has 1 atom stereocenters. The van der Waals surface area contributed by atoms with Gasteiger partial charge in [0.25, 0.3) is 5.56 Å². The van der Waals surface area contributed by atoms with Crippen LogP contribution in [0.25, 0.3) is 11.3 Å². The first kappa shape index (κ1) is 16.3. The molecule has 118 valence electrons. The maximum atomic E-state index is 12.6. The van der Waals surface area contributed by atoms with E-state index in [0.29, 0.717) is 5.56 Å². The molecule has 1 aromatic carbocycles. The van der Waals surface area contributed by atoms with E-state index in [1.54, 1.807) is 17.7 Å². The lowest BCUT2D eigenvalue weighted by Gasteiger charge is -2.21. The molecule has 4 heteroatoms. The van der Waals surface area contributed by atoms with Crippen LogP contribution in [0.5, 0.6) is 5.75 Å². The number of rotatable bonds is 5. The van der Waals surface area contributed by atoms with Crippen molar-refractivity contribution in [1.82, 2.24) is 4.57 Å². The molecule has 0 aliphatic heterocycles. The van der Waals surface area contributed by atoms with Crippen LogP contribution >= 0.6 is 0 Å². The van der Waals surface area contributed by atoms with Gasteiger partial charge in [-0.05, 0) is 44.5 Å². The van der Waals surface area contributed by atoms with Crippen LogP contribution in [0, 0.1) is 6.92 Å². The van der Waals surface area contributed by atoms with E-state index in [2.05, 4.69) is 0 Å². The van der Waals surface area contributed by atoms with Crippen molar-refractivity contribution in [2.24, 2.45) is 0 Å². The van der Waals surface area contributed by atoms with Crippen molar-refractivity contribution >= 4 is 0 Å². The van der Waals surface area contributed by atoms with E-state index in [0.717, 1.165) is 29.0 Å². The molecule has 0 bridgehead atoms. The highest BCUT2D eigenvalue weighted by molar-refractivity contribution is 5.68. The molecular weight excluding hydrogens is 278 g/mol. The number of aliphatic hydroxyl groups excluding tert-OH is 1. The van der Waals surface area contributed by atoms with Crippen LogP contribution in [0.1, 0.15) is 37.4 Å². The third kappa shape index (κ3) is 2.92. The standard InChI is InChI=1S/C18H23NO3/c1-5-13(3)19-16(8-7-14(11-20)18(19)21)15-10-12(2)6-9-17(15)22-4/h6-10,13,20H,5,11H2,1-4H3. The summed E-state index contributed by atoms with van der Waals surface area (Å²) in [6, 6.07) is 9.53. The summed E-state index contributed by atoms with van der Waals surface area (Å²) in [4.78, 5) is 12.6. The molecule has 0 aliphatic rings. The van der Waals surface area contributed by atoms with Crippen LogP contribution in [-0.2, 0) is 6.61 Å². The first-order valence-corrected chi connectivity index (χ1v) is 7.53. The topological polar surface area (TPSA) is 51.5 Å². The maximum absolute atomic E-state index is 12.6. The van der Waals surface area contributed by atoms with E-state index in [1.807, 2.05) is 45.0 Å². The van der Waals surface area contributed by atoms with Gasteiger partial charge in [-0.1, -0.05) is 18.6 Å². The van der Waals surface area contributed by atoms with Crippen LogP contribution in [0.2, 0.25) is 0 Å². The summed E-state index contributed by atoms with van der Waals surface area (Å²) in [5, 5.41) is 9.37. The molecule has 0 spiro atoms. The van der Waals surface area contributed by atoms with Gasteiger partial charge in [0.2, 0.25) is 0 Å². The highest BCUT2D eigenvalue weighted by atomic mass is 16.5. The molecule has 1 aromatic heterocycles. The molecular formula is C18H23NO3. The molecule has 4 nitrogen and oxygen atoms in total. The fraction of sp³-hybridized carbons (Fsp3) is 0.389. The van der Waals surface area contributed by atoms with E-state index in [9.17, 15) is 9.90 Å². The summed E-state index contributed by atoms with van der Waals surface area (Å²) < 4.78 is 7.21. The van der Waals surface area contributed by atoms with Gasteiger partial charge in [0.1, 0.15) is 5.75 Å². The van der Waals surface area contributed by atoms with Crippen LogP contribution in [0.15, 0.2) is 35.1 Å². The number of benzene rings is 1. The molecule has 0 radical (unpaired) electrons. The van der Waals surface area contributed by atoms with Crippen molar-refractivity contribution in [3.05, 3.63) is 51.8 Å². The third-order valence-electron chi connectivity index (χ3n) is 4.03. The maximum Gasteiger partial charge on any atom is 0.256 e. The largest absolute Gasteiger partial charge is 0.496 e. The average molecular weight is 301 g/mol. The predicted octanol–water partition coefficient (Wildman–Crippen LogP) is 3.30. The first-order valence-electron chi connectivity index (χ1n) is 7.53. The van der Waals surface area contributed by atoms with E-state index in [-0.39, 0.29) is 18.2 Å². The fourth-order valence-electron chi connectivity index (χ4n) is 2.58. The number of aryl methyl sites for hydroxylation is 1. The molecule has 0 aliphatic carbocycles. The second-order valence-corrected chi connectivity index (χ2v) is 5.54. The van der Waals surface area contributed by atoms with Crippen LogP contribution in [-0.4, -0.2) is 16.8 Å². The second-order valence-electron chi connectivity index (χ2n) is 5.54. The van der Waals surface area contributed by atoms with Crippen molar-refractivity contribution in [3.63, 3.8) is 0 Å². The summed E-state index contributed by atoms with van der Waals surface area (Å²) in [5.41, 5.74) is 3.08. The Morgan fingerprint density at radius 2 is 2.00 bits per heavy atom.